The number of nitrogens with zero attached hydrogens (tertiary/aromatic N) is 4. The summed E-state index contributed by atoms with van der Waals surface area (Å²) in [6.45, 7) is 0. The van der Waals surface area contributed by atoms with Crippen LogP contribution in [0, 0.1) is 0 Å². The van der Waals surface area contributed by atoms with Gasteiger partial charge in [-0.2, -0.15) is 4.98 Å². The summed E-state index contributed by atoms with van der Waals surface area (Å²) in [5, 5.41) is 0. The van der Waals surface area contributed by atoms with Crippen LogP contribution in [0.2, 0.25) is 0 Å². The Bertz CT molecular complexity index is 509. The number of hydrogen-bond donors (Lipinski definition) is 0. The number of pyridine rings is 1. The molecule has 2 aromatic heterocycles. The van der Waals surface area contributed by atoms with E-state index in [1.54, 1.807) is 24.4 Å². The molecule has 2 heterocycles. The first-order valence-electron chi connectivity index (χ1n) is 4.22. The van der Waals surface area contributed by atoms with Crippen molar-refractivity contribution in [2.24, 2.45) is 0 Å². The standard InChI is InChI=1S/C9H8N4O2/c1-15-8-11-6-13(9(14)12-8)7-4-2-3-5-10-7/h2-6H,1H3. The molecule has 0 spiro atoms. The van der Waals surface area contributed by atoms with Gasteiger partial charge in [0.15, 0.2) is 0 Å². The zero-order chi connectivity index (χ0) is 10.7. The molecule has 0 N–H and O–H groups in total. The molecule has 0 amide bonds. The molecule has 0 radical (unpaired) electrons. The molecular weight excluding hydrogens is 196 g/mol. The Hall–Kier alpha value is -2.24. The highest BCUT2D eigenvalue weighted by Crippen LogP contribution is 1.99. The first kappa shape index (κ1) is 9.32. The van der Waals surface area contributed by atoms with E-state index in [0.717, 1.165) is 0 Å². The number of rotatable bonds is 2. The average molecular weight is 204 g/mol. The number of hydrogen-bond acceptors (Lipinski definition) is 5. The van der Waals surface area contributed by atoms with Crippen LogP contribution < -0.4 is 10.4 Å². The highest BCUT2D eigenvalue weighted by atomic mass is 16.5. The summed E-state index contributed by atoms with van der Waals surface area (Å²) in [6, 6.07) is 5.28. The minimum atomic E-state index is -0.472. The fraction of sp³-hybridized carbons (Fsp3) is 0.111. The van der Waals surface area contributed by atoms with Crippen LogP contribution in [0.25, 0.3) is 5.82 Å². The molecule has 0 bridgehead atoms. The Labute approximate surface area is 85.2 Å². The van der Waals surface area contributed by atoms with Crippen molar-refractivity contribution in [3.8, 4) is 11.8 Å². The second-order valence-electron chi connectivity index (χ2n) is 2.68. The van der Waals surface area contributed by atoms with Gasteiger partial charge in [-0.05, 0) is 12.1 Å². The van der Waals surface area contributed by atoms with Crippen LogP contribution in [0.3, 0.4) is 0 Å². The van der Waals surface area contributed by atoms with Crippen molar-refractivity contribution in [2.75, 3.05) is 7.11 Å². The summed E-state index contributed by atoms with van der Waals surface area (Å²) in [5.74, 6) is 0.477. The van der Waals surface area contributed by atoms with Crippen LogP contribution in [-0.2, 0) is 0 Å². The van der Waals surface area contributed by atoms with E-state index in [9.17, 15) is 4.79 Å². The van der Waals surface area contributed by atoms with Crippen molar-refractivity contribution in [1.82, 2.24) is 19.5 Å². The Morgan fingerprint density at radius 2 is 2.20 bits per heavy atom. The highest BCUT2D eigenvalue weighted by Gasteiger charge is 2.03. The lowest BCUT2D eigenvalue weighted by atomic mass is 10.5. The Balaban J connectivity index is 2.51. The van der Waals surface area contributed by atoms with Gasteiger partial charge in [0, 0.05) is 6.20 Å². The van der Waals surface area contributed by atoms with Crippen molar-refractivity contribution < 1.29 is 4.74 Å². The van der Waals surface area contributed by atoms with Crippen molar-refractivity contribution >= 4 is 0 Å². The van der Waals surface area contributed by atoms with E-state index < -0.39 is 5.69 Å². The van der Waals surface area contributed by atoms with Crippen LogP contribution in [0.1, 0.15) is 0 Å². The van der Waals surface area contributed by atoms with Gasteiger partial charge >= 0.3 is 11.7 Å². The summed E-state index contributed by atoms with van der Waals surface area (Å²) < 4.78 is 5.97. The van der Waals surface area contributed by atoms with E-state index in [0.29, 0.717) is 5.82 Å². The molecule has 0 saturated carbocycles. The topological polar surface area (TPSA) is 69.9 Å². The van der Waals surface area contributed by atoms with E-state index >= 15 is 0 Å². The van der Waals surface area contributed by atoms with Gasteiger partial charge in [-0.25, -0.2) is 14.3 Å². The Morgan fingerprint density at radius 1 is 1.33 bits per heavy atom. The zero-order valence-corrected chi connectivity index (χ0v) is 7.99. The summed E-state index contributed by atoms with van der Waals surface area (Å²) >= 11 is 0. The molecule has 15 heavy (non-hydrogen) atoms. The molecule has 0 saturated heterocycles. The molecule has 0 aliphatic heterocycles. The molecule has 2 rings (SSSR count). The predicted molar refractivity (Wildman–Crippen MR) is 52.0 cm³/mol. The maximum absolute atomic E-state index is 11.5. The predicted octanol–water partition coefficient (Wildman–Crippen LogP) is 0.0311. The quantitative estimate of drug-likeness (QED) is 0.690. The third-order valence-corrected chi connectivity index (χ3v) is 1.76. The first-order chi connectivity index (χ1) is 7.31. The van der Waals surface area contributed by atoms with Crippen LogP contribution >= 0.6 is 0 Å². The van der Waals surface area contributed by atoms with E-state index in [-0.39, 0.29) is 6.01 Å². The first-order valence-corrected chi connectivity index (χ1v) is 4.22. The fourth-order valence-electron chi connectivity index (χ4n) is 1.07. The van der Waals surface area contributed by atoms with E-state index in [1.807, 2.05) is 0 Å². The molecule has 0 aliphatic carbocycles. The molecule has 6 heteroatoms. The fourth-order valence-corrected chi connectivity index (χ4v) is 1.07. The van der Waals surface area contributed by atoms with Crippen molar-refractivity contribution in [3.63, 3.8) is 0 Å². The molecule has 76 valence electrons. The van der Waals surface area contributed by atoms with Gasteiger partial charge in [-0.3, -0.25) is 0 Å². The van der Waals surface area contributed by atoms with Gasteiger partial charge in [-0.15, -0.1) is 4.98 Å². The van der Waals surface area contributed by atoms with Gasteiger partial charge in [0.25, 0.3) is 0 Å². The molecular formula is C9H8N4O2. The lowest BCUT2D eigenvalue weighted by molar-refractivity contribution is 0.374. The van der Waals surface area contributed by atoms with Crippen molar-refractivity contribution in [2.45, 2.75) is 0 Å². The van der Waals surface area contributed by atoms with Gasteiger partial charge < -0.3 is 4.74 Å². The lowest BCUT2D eigenvalue weighted by Crippen LogP contribution is -2.22. The maximum Gasteiger partial charge on any atom is 0.359 e. The third-order valence-electron chi connectivity index (χ3n) is 1.76. The monoisotopic (exact) mass is 204 g/mol. The Kier molecular flexibility index (Phi) is 2.40. The summed E-state index contributed by atoms with van der Waals surface area (Å²) in [5.41, 5.74) is -0.472. The van der Waals surface area contributed by atoms with Gasteiger partial charge in [0.1, 0.15) is 12.1 Å². The third kappa shape index (κ3) is 1.83. The average Bonchev–Trinajstić information content (AvgIpc) is 2.30. The molecule has 0 aliphatic rings. The van der Waals surface area contributed by atoms with Crippen LogP contribution in [-0.4, -0.2) is 26.6 Å². The molecule has 0 fully saturated rings. The van der Waals surface area contributed by atoms with Gasteiger partial charge in [0.05, 0.1) is 7.11 Å². The molecule has 0 atom stereocenters. The Morgan fingerprint density at radius 3 is 2.80 bits per heavy atom. The normalized spacial score (nSPS) is 9.93. The SMILES string of the molecule is COc1ncn(-c2ccccn2)c(=O)n1. The zero-order valence-electron chi connectivity index (χ0n) is 7.99. The number of aromatic nitrogens is 4. The van der Waals surface area contributed by atoms with Gasteiger partial charge in [0.2, 0.25) is 0 Å². The van der Waals surface area contributed by atoms with Crippen LogP contribution in [0.5, 0.6) is 6.01 Å². The molecule has 6 nitrogen and oxygen atoms in total. The molecule has 0 aromatic carbocycles. The number of ether oxygens (including phenoxy) is 1. The van der Waals surface area contributed by atoms with Crippen molar-refractivity contribution in [1.29, 1.82) is 0 Å². The highest BCUT2D eigenvalue weighted by molar-refractivity contribution is 5.20. The second kappa shape index (κ2) is 3.87. The van der Waals surface area contributed by atoms with E-state index in [2.05, 4.69) is 15.0 Å². The van der Waals surface area contributed by atoms with Crippen LogP contribution in [0.15, 0.2) is 35.5 Å². The minimum absolute atomic E-state index is 0.0483. The summed E-state index contributed by atoms with van der Waals surface area (Å²) in [4.78, 5) is 22.9. The van der Waals surface area contributed by atoms with Gasteiger partial charge in [-0.1, -0.05) is 6.07 Å². The largest absolute Gasteiger partial charge is 0.467 e. The smallest absolute Gasteiger partial charge is 0.359 e. The van der Waals surface area contributed by atoms with E-state index in [1.165, 1.54) is 18.0 Å². The summed E-state index contributed by atoms with van der Waals surface area (Å²) in [7, 11) is 1.40. The number of methoxy groups -OCH3 is 1. The van der Waals surface area contributed by atoms with Crippen LogP contribution in [0.4, 0.5) is 0 Å². The second-order valence-corrected chi connectivity index (χ2v) is 2.68. The van der Waals surface area contributed by atoms with Crippen molar-refractivity contribution in [3.05, 3.63) is 41.2 Å². The molecule has 2 aromatic rings. The minimum Gasteiger partial charge on any atom is -0.467 e. The summed E-state index contributed by atoms with van der Waals surface area (Å²) in [6.07, 6.45) is 2.92. The maximum atomic E-state index is 11.5. The lowest BCUT2D eigenvalue weighted by Gasteiger charge is -2.02. The van der Waals surface area contributed by atoms with E-state index in [4.69, 9.17) is 4.74 Å². The molecule has 0 unspecified atom stereocenters.